The molecule has 2 aromatic rings. The lowest BCUT2D eigenvalue weighted by molar-refractivity contribution is -0.139. The number of aryl methyl sites for hydroxylation is 1. The third kappa shape index (κ3) is 6.05. The van der Waals surface area contributed by atoms with Gasteiger partial charge in [0.05, 0.1) is 0 Å². The molecule has 0 saturated carbocycles. The minimum Gasteiger partial charge on any atom is -0.480 e. The van der Waals surface area contributed by atoms with E-state index in [1.54, 1.807) is 24.3 Å². The van der Waals surface area contributed by atoms with Crippen LogP contribution in [-0.2, 0) is 16.0 Å². The molecule has 0 radical (unpaired) electrons. The van der Waals surface area contributed by atoms with Crippen LogP contribution < -0.4 is 10.6 Å². The van der Waals surface area contributed by atoms with Gasteiger partial charge in [0.15, 0.2) is 0 Å². The number of carboxylic acid groups (broad SMARTS) is 1. The smallest absolute Gasteiger partial charge is 0.326 e. The Labute approximate surface area is 152 Å². The highest BCUT2D eigenvalue weighted by atomic mass is 16.4. The van der Waals surface area contributed by atoms with Crippen molar-refractivity contribution in [1.29, 1.82) is 0 Å². The second-order valence-electron chi connectivity index (χ2n) is 6.00. The highest BCUT2D eigenvalue weighted by Crippen LogP contribution is 2.11. The number of amides is 2. The van der Waals surface area contributed by atoms with Crippen LogP contribution in [0.25, 0.3) is 0 Å². The van der Waals surface area contributed by atoms with E-state index in [9.17, 15) is 19.5 Å². The molecule has 3 N–H and O–H groups in total. The summed E-state index contributed by atoms with van der Waals surface area (Å²) in [5.41, 5.74) is 2.05. The van der Waals surface area contributed by atoms with Gasteiger partial charge in [0, 0.05) is 18.2 Å². The quantitative estimate of drug-likeness (QED) is 0.679. The molecule has 6 nitrogen and oxygen atoms in total. The van der Waals surface area contributed by atoms with Gasteiger partial charge in [-0.2, -0.15) is 0 Å². The molecule has 6 heteroatoms. The van der Waals surface area contributed by atoms with Crippen LogP contribution in [0, 0.1) is 0 Å². The Morgan fingerprint density at radius 3 is 2.23 bits per heavy atom. The van der Waals surface area contributed by atoms with Gasteiger partial charge < -0.3 is 15.7 Å². The Morgan fingerprint density at radius 2 is 1.65 bits per heavy atom. The summed E-state index contributed by atoms with van der Waals surface area (Å²) < 4.78 is 0. The Hall–Kier alpha value is -3.15. The second kappa shape index (κ2) is 9.36. The first-order valence-corrected chi connectivity index (χ1v) is 8.41. The fraction of sp³-hybridized carbons (Fsp3) is 0.250. The number of anilines is 1. The number of rotatable bonds is 8. The van der Waals surface area contributed by atoms with E-state index in [0.717, 1.165) is 12.0 Å². The van der Waals surface area contributed by atoms with Crippen LogP contribution in [0.4, 0.5) is 5.69 Å². The molecule has 0 saturated heterocycles. The Bertz CT molecular complexity index is 757. The van der Waals surface area contributed by atoms with Crippen molar-refractivity contribution in [3.05, 3.63) is 65.7 Å². The maximum absolute atomic E-state index is 12.3. The number of nitrogens with one attached hydrogen (secondary N) is 2. The first-order chi connectivity index (χ1) is 12.5. The lowest BCUT2D eigenvalue weighted by Gasteiger charge is -2.15. The molecule has 0 aromatic heterocycles. The molecule has 0 bridgehead atoms. The van der Waals surface area contributed by atoms with Gasteiger partial charge in [-0.1, -0.05) is 30.3 Å². The van der Waals surface area contributed by atoms with Crippen molar-refractivity contribution < 1.29 is 19.5 Å². The van der Waals surface area contributed by atoms with Crippen LogP contribution in [-0.4, -0.2) is 28.9 Å². The summed E-state index contributed by atoms with van der Waals surface area (Å²) in [5, 5.41) is 14.5. The molecular weight excluding hydrogens is 332 g/mol. The van der Waals surface area contributed by atoms with E-state index >= 15 is 0 Å². The Kier molecular flexibility index (Phi) is 6.91. The zero-order chi connectivity index (χ0) is 18.9. The van der Waals surface area contributed by atoms with Crippen molar-refractivity contribution in [2.45, 2.75) is 32.2 Å². The van der Waals surface area contributed by atoms with Gasteiger partial charge in [-0.15, -0.1) is 0 Å². The summed E-state index contributed by atoms with van der Waals surface area (Å²) in [5.74, 6) is -1.71. The zero-order valence-electron chi connectivity index (χ0n) is 14.6. The predicted molar refractivity (Wildman–Crippen MR) is 99.0 cm³/mol. The van der Waals surface area contributed by atoms with Gasteiger partial charge in [-0.3, -0.25) is 9.59 Å². The van der Waals surface area contributed by atoms with Gasteiger partial charge in [0.1, 0.15) is 6.04 Å². The maximum atomic E-state index is 12.3. The number of carbonyl (C=O) groups excluding carboxylic acids is 2. The van der Waals surface area contributed by atoms with Crippen LogP contribution in [0.15, 0.2) is 54.6 Å². The molecule has 0 unspecified atom stereocenters. The van der Waals surface area contributed by atoms with Gasteiger partial charge in [-0.25, -0.2) is 4.79 Å². The van der Waals surface area contributed by atoms with Crippen LogP contribution in [0.2, 0.25) is 0 Å². The Morgan fingerprint density at radius 1 is 1.00 bits per heavy atom. The average molecular weight is 354 g/mol. The molecule has 0 spiro atoms. The van der Waals surface area contributed by atoms with Crippen molar-refractivity contribution in [3.63, 3.8) is 0 Å². The second-order valence-corrected chi connectivity index (χ2v) is 6.00. The molecule has 2 aromatic carbocycles. The van der Waals surface area contributed by atoms with Gasteiger partial charge in [-0.05, 0) is 49.1 Å². The van der Waals surface area contributed by atoms with Crippen LogP contribution >= 0.6 is 0 Å². The molecule has 0 heterocycles. The van der Waals surface area contributed by atoms with E-state index < -0.39 is 17.9 Å². The van der Waals surface area contributed by atoms with E-state index in [0.29, 0.717) is 24.1 Å². The van der Waals surface area contributed by atoms with Crippen molar-refractivity contribution in [2.75, 3.05) is 5.32 Å². The Balaban J connectivity index is 1.90. The number of carboxylic acids is 1. The maximum Gasteiger partial charge on any atom is 0.326 e. The molecule has 2 amide bonds. The van der Waals surface area contributed by atoms with Gasteiger partial charge >= 0.3 is 5.97 Å². The number of hydrogen-bond acceptors (Lipinski definition) is 3. The fourth-order valence-electron chi connectivity index (χ4n) is 2.56. The van der Waals surface area contributed by atoms with E-state index in [1.165, 1.54) is 6.92 Å². The number of aliphatic carboxylic acids is 1. The predicted octanol–water partition coefficient (Wildman–Crippen LogP) is 2.85. The molecule has 136 valence electrons. The summed E-state index contributed by atoms with van der Waals surface area (Å²) in [4.78, 5) is 34.7. The highest BCUT2D eigenvalue weighted by Gasteiger charge is 2.20. The summed E-state index contributed by atoms with van der Waals surface area (Å²) >= 11 is 0. The number of benzene rings is 2. The SMILES string of the molecule is CC(=O)Nc1ccc(C(=O)N[C@H](CCCc2ccccc2)C(=O)O)cc1. The largest absolute Gasteiger partial charge is 0.480 e. The lowest BCUT2D eigenvalue weighted by atomic mass is 10.0. The van der Waals surface area contributed by atoms with E-state index in [1.807, 2.05) is 30.3 Å². The molecule has 26 heavy (non-hydrogen) atoms. The molecular formula is C20H22N2O4. The van der Waals surface area contributed by atoms with E-state index in [4.69, 9.17) is 0 Å². The topological polar surface area (TPSA) is 95.5 Å². The summed E-state index contributed by atoms with van der Waals surface area (Å²) in [6, 6.07) is 15.1. The molecule has 2 rings (SSSR count). The number of carbonyl (C=O) groups is 3. The first-order valence-electron chi connectivity index (χ1n) is 8.41. The van der Waals surface area contributed by atoms with Gasteiger partial charge in [0.25, 0.3) is 5.91 Å². The standard InChI is InChI=1S/C20H22N2O4/c1-14(23)21-17-12-10-16(11-13-17)19(24)22-18(20(25)26)9-5-8-15-6-3-2-4-7-15/h2-4,6-7,10-13,18H,5,8-9H2,1H3,(H,21,23)(H,22,24)(H,25,26)/t18-/m1/s1. The average Bonchev–Trinajstić information content (AvgIpc) is 2.61. The molecule has 0 fully saturated rings. The summed E-state index contributed by atoms with van der Waals surface area (Å²) in [6.45, 7) is 1.40. The zero-order valence-corrected chi connectivity index (χ0v) is 14.6. The van der Waals surface area contributed by atoms with Crippen LogP contribution in [0.3, 0.4) is 0 Å². The monoisotopic (exact) mass is 354 g/mol. The van der Waals surface area contributed by atoms with Crippen molar-refractivity contribution >= 4 is 23.5 Å². The third-order valence-corrected chi connectivity index (χ3v) is 3.87. The molecule has 1 atom stereocenters. The number of hydrogen-bond donors (Lipinski definition) is 3. The third-order valence-electron chi connectivity index (χ3n) is 3.87. The molecule has 0 aliphatic heterocycles. The first kappa shape index (κ1) is 19.2. The van der Waals surface area contributed by atoms with E-state index in [2.05, 4.69) is 10.6 Å². The van der Waals surface area contributed by atoms with Gasteiger partial charge in [0.2, 0.25) is 5.91 Å². The van der Waals surface area contributed by atoms with E-state index in [-0.39, 0.29) is 5.91 Å². The molecule has 0 aliphatic carbocycles. The van der Waals surface area contributed by atoms with Crippen molar-refractivity contribution in [2.24, 2.45) is 0 Å². The lowest BCUT2D eigenvalue weighted by Crippen LogP contribution is -2.40. The van der Waals surface area contributed by atoms with Crippen molar-refractivity contribution in [3.8, 4) is 0 Å². The fourth-order valence-corrected chi connectivity index (χ4v) is 2.56. The minimum atomic E-state index is -1.05. The van der Waals surface area contributed by atoms with Crippen molar-refractivity contribution in [1.82, 2.24) is 5.32 Å². The highest BCUT2D eigenvalue weighted by molar-refractivity contribution is 5.97. The molecule has 0 aliphatic rings. The van der Waals surface area contributed by atoms with Crippen LogP contribution in [0.1, 0.15) is 35.7 Å². The minimum absolute atomic E-state index is 0.202. The normalized spacial score (nSPS) is 11.4. The summed E-state index contributed by atoms with van der Waals surface area (Å²) in [6.07, 6.45) is 1.76. The van der Waals surface area contributed by atoms with Crippen LogP contribution in [0.5, 0.6) is 0 Å². The summed E-state index contributed by atoms with van der Waals surface area (Å²) in [7, 11) is 0.